The molecule has 2 aliphatic heterocycles. The predicted octanol–water partition coefficient (Wildman–Crippen LogP) is 2.86. The van der Waals surface area contributed by atoms with Crippen LogP contribution in [-0.4, -0.2) is 71.8 Å². The monoisotopic (exact) mass is 482 g/mol. The van der Waals surface area contributed by atoms with Gasteiger partial charge in [-0.3, -0.25) is 14.4 Å². The fraction of sp³-hybridized carbons (Fsp3) is 0.577. The largest absolute Gasteiger partial charge is 0.338 e. The van der Waals surface area contributed by atoms with E-state index >= 15 is 0 Å². The van der Waals surface area contributed by atoms with Crippen molar-refractivity contribution in [3.63, 3.8) is 0 Å². The molecule has 2 saturated heterocycles. The van der Waals surface area contributed by atoms with Gasteiger partial charge in [-0.25, -0.2) is 0 Å². The van der Waals surface area contributed by atoms with Crippen LogP contribution >= 0.6 is 11.3 Å². The third-order valence-electron chi connectivity index (χ3n) is 7.67. The molecular weight excluding hydrogens is 448 g/mol. The predicted molar refractivity (Wildman–Crippen MR) is 134 cm³/mol. The van der Waals surface area contributed by atoms with E-state index in [1.807, 2.05) is 40.1 Å². The van der Waals surface area contributed by atoms with Crippen molar-refractivity contribution in [3.05, 3.63) is 35.2 Å². The van der Waals surface area contributed by atoms with E-state index in [1.165, 1.54) is 11.3 Å². The van der Waals surface area contributed by atoms with Gasteiger partial charge in [0.25, 0.3) is 5.91 Å². The van der Waals surface area contributed by atoms with Crippen LogP contribution in [-0.2, 0) is 9.59 Å². The van der Waals surface area contributed by atoms with E-state index in [2.05, 4.69) is 24.5 Å². The van der Waals surface area contributed by atoms with E-state index in [4.69, 9.17) is 0 Å². The maximum Gasteiger partial charge on any atom is 0.262 e. The zero-order chi connectivity index (χ0) is 23.9. The van der Waals surface area contributed by atoms with E-state index in [-0.39, 0.29) is 29.7 Å². The number of amides is 3. The molecular formula is C26H34N4O3S. The van der Waals surface area contributed by atoms with Crippen molar-refractivity contribution >= 4 is 39.1 Å². The van der Waals surface area contributed by atoms with Crippen molar-refractivity contribution in [2.24, 2.45) is 11.8 Å². The van der Waals surface area contributed by atoms with Gasteiger partial charge in [-0.2, -0.15) is 0 Å². The van der Waals surface area contributed by atoms with E-state index in [0.29, 0.717) is 43.4 Å². The first-order valence-electron chi connectivity index (χ1n) is 12.5. The van der Waals surface area contributed by atoms with Crippen molar-refractivity contribution < 1.29 is 14.4 Å². The molecule has 182 valence electrons. The van der Waals surface area contributed by atoms with Crippen LogP contribution in [0.15, 0.2) is 30.3 Å². The van der Waals surface area contributed by atoms with Crippen LogP contribution in [0, 0.1) is 11.8 Å². The lowest BCUT2D eigenvalue weighted by atomic mass is 10.0. The van der Waals surface area contributed by atoms with Crippen molar-refractivity contribution in [2.75, 3.05) is 32.7 Å². The number of benzene rings is 1. The van der Waals surface area contributed by atoms with Crippen molar-refractivity contribution in [1.29, 1.82) is 0 Å². The van der Waals surface area contributed by atoms with Gasteiger partial charge in [0, 0.05) is 30.9 Å². The lowest BCUT2D eigenvalue weighted by Crippen LogP contribution is -2.59. The minimum absolute atomic E-state index is 0.00329. The third kappa shape index (κ3) is 4.33. The zero-order valence-electron chi connectivity index (χ0n) is 20.0. The van der Waals surface area contributed by atoms with Gasteiger partial charge in [0.1, 0.15) is 5.54 Å². The summed E-state index contributed by atoms with van der Waals surface area (Å²) in [5.41, 5.74) is -0.835. The summed E-state index contributed by atoms with van der Waals surface area (Å²) in [5, 5.41) is 7.52. The zero-order valence-corrected chi connectivity index (χ0v) is 20.8. The Bertz CT molecular complexity index is 1050. The molecule has 1 saturated carbocycles. The highest BCUT2D eigenvalue weighted by atomic mass is 32.1. The number of carbonyl (C=O) groups excluding carboxylic acids is 3. The maximum absolute atomic E-state index is 13.7. The standard InChI is InChI=1S/C26H34N4O3S/c1-17(2)19-16-26(19,28-23(31)22-15-18-7-3-4-9-21(18)34-22)25(33)30-13-11-29(12-14-30)24(32)20-8-5-6-10-27-20/h3-4,7,9,15,17,19-20,27H,5-6,8,10-14,16H2,1-2H3,(H,28,31)/t19?,20-,26?/m1/s1. The van der Waals surface area contributed by atoms with Crippen LogP contribution in [0.25, 0.3) is 10.1 Å². The van der Waals surface area contributed by atoms with Crippen molar-refractivity contribution in [3.8, 4) is 0 Å². The summed E-state index contributed by atoms with van der Waals surface area (Å²) in [6.07, 6.45) is 3.77. The Kier molecular flexibility index (Phi) is 6.37. The molecule has 1 aromatic carbocycles. The quantitative estimate of drug-likeness (QED) is 0.687. The highest BCUT2D eigenvalue weighted by Gasteiger charge is 2.63. The van der Waals surface area contributed by atoms with E-state index < -0.39 is 5.54 Å². The van der Waals surface area contributed by atoms with Gasteiger partial charge in [-0.15, -0.1) is 11.3 Å². The molecule has 3 aliphatic rings. The number of piperidine rings is 1. The summed E-state index contributed by atoms with van der Waals surface area (Å²) in [6, 6.07) is 9.76. The van der Waals surface area contributed by atoms with Gasteiger partial charge in [-0.05, 0) is 55.2 Å². The second-order valence-corrected chi connectivity index (χ2v) is 11.3. The van der Waals surface area contributed by atoms with Crippen LogP contribution < -0.4 is 10.6 Å². The number of hydrogen-bond donors (Lipinski definition) is 2. The molecule has 7 nitrogen and oxygen atoms in total. The highest BCUT2D eigenvalue weighted by Crippen LogP contribution is 2.50. The molecule has 3 atom stereocenters. The van der Waals surface area contributed by atoms with Crippen molar-refractivity contribution in [2.45, 2.75) is 51.1 Å². The molecule has 0 bridgehead atoms. The van der Waals surface area contributed by atoms with Crippen LogP contribution in [0.5, 0.6) is 0 Å². The second kappa shape index (κ2) is 9.30. The first-order valence-corrected chi connectivity index (χ1v) is 13.3. The second-order valence-electron chi connectivity index (χ2n) is 10.2. The van der Waals surface area contributed by atoms with E-state index in [0.717, 1.165) is 35.9 Å². The molecule has 2 N–H and O–H groups in total. The average Bonchev–Trinajstić information content (AvgIpc) is 3.43. The Morgan fingerprint density at radius 1 is 1.09 bits per heavy atom. The Morgan fingerprint density at radius 3 is 2.47 bits per heavy atom. The van der Waals surface area contributed by atoms with Gasteiger partial charge in [0.05, 0.1) is 10.9 Å². The molecule has 0 radical (unpaired) electrons. The SMILES string of the molecule is CC(C)C1CC1(NC(=O)c1cc2ccccc2s1)C(=O)N1CCN(C(=O)[C@H]2CCCCN2)CC1. The summed E-state index contributed by atoms with van der Waals surface area (Å²) in [4.78, 5) is 44.2. The topological polar surface area (TPSA) is 81.8 Å². The molecule has 1 aliphatic carbocycles. The molecule has 3 amide bonds. The molecule has 1 aromatic heterocycles. The Balaban J connectivity index is 1.25. The molecule has 34 heavy (non-hydrogen) atoms. The minimum atomic E-state index is -0.835. The molecule has 3 heterocycles. The first-order chi connectivity index (χ1) is 16.4. The number of hydrogen-bond acceptors (Lipinski definition) is 5. The van der Waals surface area contributed by atoms with Crippen LogP contribution in [0.1, 0.15) is 49.2 Å². The molecule has 5 rings (SSSR count). The summed E-state index contributed by atoms with van der Waals surface area (Å²) < 4.78 is 1.07. The van der Waals surface area contributed by atoms with Gasteiger partial charge < -0.3 is 20.4 Å². The number of thiophene rings is 1. The van der Waals surface area contributed by atoms with E-state index in [1.54, 1.807) is 0 Å². The lowest BCUT2D eigenvalue weighted by molar-refractivity contribution is -0.143. The summed E-state index contributed by atoms with van der Waals surface area (Å²) in [7, 11) is 0. The number of piperazine rings is 1. The minimum Gasteiger partial charge on any atom is -0.338 e. The smallest absolute Gasteiger partial charge is 0.262 e. The van der Waals surface area contributed by atoms with Crippen LogP contribution in [0.2, 0.25) is 0 Å². The highest BCUT2D eigenvalue weighted by molar-refractivity contribution is 7.20. The molecule has 2 aromatic rings. The molecule has 3 fully saturated rings. The Morgan fingerprint density at radius 2 is 1.82 bits per heavy atom. The Labute approximate surface area is 204 Å². The van der Waals surface area contributed by atoms with Crippen LogP contribution in [0.3, 0.4) is 0 Å². The summed E-state index contributed by atoms with van der Waals surface area (Å²) in [6.45, 7) is 7.25. The third-order valence-corrected chi connectivity index (χ3v) is 8.79. The number of rotatable bonds is 5. The molecule has 2 unspecified atom stereocenters. The van der Waals surface area contributed by atoms with Gasteiger partial charge in [0.2, 0.25) is 11.8 Å². The normalized spacial score (nSPS) is 27.1. The molecule has 8 heteroatoms. The van der Waals surface area contributed by atoms with Gasteiger partial charge in [0.15, 0.2) is 0 Å². The van der Waals surface area contributed by atoms with Crippen LogP contribution in [0.4, 0.5) is 0 Å². The fourth-order valence-electron chi connectivity index (χ4n) is 5.59. The Hall–Kier alpha value is -2.45. The average molecular weight is 483 g/mol. The molecule has 0 spiro atoms. The van der Waals surface area contributed by atoms with Gasteiger partial charge >= 0.3 is 0 Å². The lowest BCUT2D eigenvalue weighted by Gasteiger charge is -2.39. The number of nitrogens with one attached hydrogen (secondary N) is 2. The number of carbonyl (C=O) groups is 3. The fourth-order valence-corrected chi connectivity index (χ4v) is 6.55. The van der Waals surface area contributed by atoms with Gasteiger partial charge in [-0.1, -0.05) is 38.5 Å². The summed E-state index contributed by atoms with van der Waals surface area (Å²) >= 11 is 1.46. The number of fused-ring (bicyclic) bond motifs is 1. The van der Waals surface area contributed by atoms with Crippen molar-refractivity contribution in [1.82, 2.24) is 20.4 Å². The number of nitrogens with zero attached hydrogens (tertiary/aromatic N) is 2. The summed E-state index contributed by atoms with van der Waals surface area (Å²) in [5.74, 6) is 0.417. The van der Waals surface area contributed by atoms with E-state index in [9.17, 15) is 14.4 Å². The first kappa shape index (κ1) is 23.3. The maximum atomic E-state index is 13.7.